The first kappa shape index (κ1) is 25.4. The van der Waals surface area contributed by atoms with Crippen molar-refractivity contribution in [2.24, 2.45) is 0 Å². The van der Waals surface area contributed by atoms with Gasteiger partial charge in [0.1, 0.15) is 11.8 Å². The van der Waals surface area contributed by atoms with Gasteiger partial charge in [-0.25, -0.2) is 0 Å². The summed E-state index contributed by atoms with van der Waals surface area (Å²) in [7, 11) is 1.65. The number of halogens is 1. The third-order valence-electron chi connectivity index (χ3n) is 5.90. The van der Waals surface area contributed by atoms with E-state index in [1.54, 1.807) is 43.1 Å². The molecule has 0 aliphatic carbocycles. The van der Waals surface area contributed by atoms with Crippen LogP contribution in [0.15, 0.2) is 48.5 Å². The predicted molar refractivity (Wildman–Crippen MR) is 135 cm³/mol. The van der Waals surface area contributed by atoms with E-state index in [4.69, 9.17) is 16.3 Å². The molecule has 0 spiro atoms. The van der Waals surface area contributed by atoms with Crippen LogP contribution in [0.3, 0.4) is 0 Å². The molecule has 6 nitrogen and oxygen atoms in total. The fraction of sp³-hybridized carbons (Fsp3) is 0.440. The van der Waals surface area contributed by atoms with E-state index in [0.717, 1.165) is 43.0 Å². The van der Waals surface area contributed by atoms with Crippen LogP contribution in [0.25, 0.3) is 0 Å². The lowest BCUT2D eigenvalue weighted by Crippen LogP contribution is -2.49. The summed E-state index contributed by atoms with van der Waals surface area (Å²) in [5.74, 6) is 1.05. The van der Waals surface area contributed by atoms with Gasteiger partial charge in [0.15, 0.2) is 0 Å². The smallest absolute Gasteiger partial charge is 0.253 e. The number of carbonyl (C=O) groups is 2. The van der Waals surface area contributed by atoms with Crippen LogP contribution in [0.4, 0.5) is 0 Å². The van der Waals surface area contributed by atoms with Crippen LogP contribution in [0, 0.1) is 0 Å². The van der Waals surface area contributed by atoms with Crippen molar-refractivity contribution in [3.63, 3.8) is 0 Å². The van der Waals surface area contributed by atoms with E-state index in [2.05, 4.69) is 27.7 Å². The Morgan fingerprint density at radius 2 is 1.82 bits per heavy atom. The zero-order valence-electron chi connectivity index (χ0n) is 19.2. The van der Waals surface area contributed by atoms with Gasteiger partial charge in [-0.1, -0.05) is 35.9 Å². The van der Waals surface area contributed by atoms with Crippen molar-refractivity contribution >= 4 is 35.2 Å². The van der Waals surface area contributed by atoms with Gasteiger partial charge in [-0.3, -0.25) is 14.5 Å². The number of amides is 2. The van der Waals surface area contributed by atoms with Crippen LogP contribution in [0.5, 0.6) is 5.75 Å². The summed E-state index contributed by atoms with van der Waals surface area (Å²) in [4.78, 5) is 28.3. The van der Waals surface area contributed by atoms with Crippen molar-refractivity contribution < 1.29 is 14.3 Å². The van der Waals surface area contributed by atoms with Crippen LogP contribution in [-0.4, -0.2) is 61.5 Å². The quantitative estimate of drug-likeness (QED) is 0.496. The molecule has 2 aromatic carbocycles. The Morgan fingerprint density at radius 3 is 2.45 bits per heavy atom. The van der Waals surface area contributed by atoms with Gasteiger partial charge in [0, 0.05) is 6.54 Å². The summed E-state index contributed by atoms with van der Waals surface area (Å²) in [5.41, 5.74) is 1.51. The second-order valence-electron chi connectivity index (χ2n) is 8.06. The monoisotopic (exact) mass is 489 g/mol. The highest BCUT2D eigenvalue weighted by Crippen LogP contribution is 2.26. The zero-order chi connectivity index (χ0) is 23.6. The van der Waals surface area contributed by atoms with Gasteiger partial charge in [-0.2, -0.15) is 11.8 Å². The Balaban J connectivity index is 1.69. The van der Waals surface area contributed by atoms with E-state index in [1.807, 2.05) is 18.4 Å². The maximum absolute atomic E-state index is 13.1. The fourth-order valence-electron chi connectivity index (χ4n) is 4.04. The molecule has 1 aliphatic rings. The molecule has 33 heavy (non-hydrogen) atoms. The molecule has 1 heterocycles. The first-order valence-corrected chi connectivity index (χ1v) is 13.0. The van der Waals surface area contributed by atoms with Crippen molar-refractivity contribution in [1.82, 2.24) is 15.5 Å². The van der Waals surface area contributed by atoms with Crippen LogP contribution in [0.2, 0.25) is 5.02 Å². The molecular formula is C25H32ClN3O3S. The molecule has 0 bridgehead atoms. The number of methoxy groups -OCH3 is 1. The number of nitrogens with zero attached hydrogens (tertiary/aromatic N) is 1. The number of carbonyl (C=O) groups excluding carboxylic acids is 2. The number of ether oxygens (including phenoxy) is 1. The maximum Gasteiger partial charge on any atom is 0.253 e. The molecule has 1 saturated heterocycles. The Kier molecular flexibility index (Phi) is 9.91. The Morgan fingerprint density at radius 1 is 1.12 bits per heavy atom. The number of hydrogen-bond donors (Lipinski definition) is 2. The van der Waals surface area contributed by atoms with Crippen LogP contribution in [0.1, 0.15) is 41.2 Å². The van der Waals surface area contributed by atoms with Gasteiger partial charge < -0.3 is 15.4 Å². The van der Waals surface area contributed by atoms with Crippen molar-refractivity contribution in [3.8, 4) is 5.75 Å². The summed E-state index contributed by atoms with van der Waals surface area (Å²) < 4.78 is 5.29. The van der Waals surface area contributed by atoms with Crippen LogP contribution < -0.4 is 15.4 Å². The fourth-order valence-corrected chi connectivity index (χ4v) is 4.74. The Bertz CT molecular complexity index is 919. The summed E-state index contributed by atoms with van der Waals surface area (Å²) in [6.07, 6.45) is 4.84. The third-order valence-corrected chi connectivity index (χ3v) is 6.88. The molecule has 1 aliphatic heterocycles. The van der Waals surface area contributed by atoms with E-state index in [1.165, 1.54) is 0 Å². The van der Waals surface area contributed by atoms with Gasteiger partial charge in [0.05, 0.1) is 23.7 Å². The summed E-state index contributed by atoms with van der Waals surface area (Å²) >= 11 is 7.81. The van der Waals surface area contributed by atoms with Gasteiger partial charge in [0.25, 0.3) is 5.91 Å². The largest absolute Gasteiger partial charge is 0.497 e. The van der Waals surface area contributed by atoms with Gasteiger partial charge in [0.2, 0.25) is 5.91 Å². The normalized spacial score (nSPS) is 15.6. The topological polar surface area (TPSA) is 70.7 Å². The SMILES string of the molecule is COc1ccc([C@@H](CNC(=O)[C@H](CCSC)NC(=O)c2ccccc2Cl)N2CCCC2)cc1. The molecule has 2 aromatic rings. The minimum atomic E-state index is -0.628. The molecule has 0 unspecified atom stereocenters. The van der Waals surface area contributed by atoms with E-state index in [-0.39, 0.29) is 17.9 Å². The van der Waals surface area contributed by atoms with Gasteiger partial charge in [-0.05, 0) is 74.2 Å². The average Bonchev–Trinajstić information content (AvgIpc) is 3.37. The molecule has 0 aromatic heterocycles. The lowest BCUT2D eigenvalue weighted by Gasteiger charge is -2.29. The summed E-state index contributed by atoms with van der Waals surface area (Å²) in [6.45, 7) is 2.49. The maximum atomic E-state index is 13.1. The number of thioether (sulfide) groups is 1. The Labute approximate surface area is 205 Å². The number of hydrogen-bond acceptors (Lipinski definition) is 5. The molecule has 0 saturated carbocycles. The molecule has 178 valence electrons. The molecular weight excluding hydrogens is 458 g/mol. The molecule has 2 atom stereocenters. The van der Waals surface area contributed by atoms with Crippen molar-refractivity contribution in [3.05, 3.63) is 64.7 Å². The molecule has 8 heteroatoms. The average molecular weight is 490 g/mol. The number of rotatable bonds is 11. The van der Waals surface area contributed by atoms with E-state index >= 15 is 0 Å². The molecule has 2 amide bonds. The second kappa shape index (κ2) is 12.9. The second-order valence-corrected chi connectivity index (χ2v) is 9.46. The van der Waals surface area contributed by atoms with Crippen molar-refractivity contribution in [2.75, 3.05) is 38.8 Å². The van der Waals surface area contributed by atoms with Gasteiger partial charge in [-0.15, -0.1) is 0 Å². The Hall–Kier alpha value is -2.22. The minimum Gasteiger partial charge on any atom is -0.497 e. The van der Waals surface area contributed by atoms with E-state index < -0.39 is 6.04 Å². The first-order valence-electron chi connectivity index (χ1n) is 11.2. The number of likely N-dealkylation sites (tertiary alicyclic amines) is 1. The highest BCUT2D eigenvalue weighted by molar-refractivity contribution is 7.98. The standard InChI is InChI=1S/C25H32ClN3O3S/c1-32-19-11-9-18(10-12-19)23(29-14-5-6-15-29)17-27-25(31)22(13-16-33-2)28-24(30)20-7-3-4-8-21(20)26/h3-4,7-12,22-23H,5-6,13-17H2,1-2H3,(H,27,31)(H,28,30)/t22-,23+/m0/s1. The first-order chi connectivity index (χ1) is 16.0. The minimum absolute atomic E-state index is 0.0721. The number of nitrogens with one attached hydrogen (secondary N) is 2. The van der Waals surface area contributed by atoms with Crippen molar-refractivity contribution in [2.45, 2.75) is 31.3 Å². The number of benzene rings is 2. The van der Waals surface area contributed by atoms with Crippen LogP contribution >= 0.6 is 23.4 Å². The van der Waals surface area contributed by atoms with E-state index in [0.29, 0.717) is 23.6 Å². The molecule has 0 radical (unpaired) electrons. The third kappa shape index (κ3) is 7.13. The molecule has 1 fully saturated rings. The lowest BCUT2D eigenvalue weighted by atomic mass is 10.0. The zero-order valence-corrected chi connectivity index (χ0v) is 20.8. The lowest BCUT2D eigenvalue weighted by molar-refractivity contribution is -0.123. The highest BCUT2D eigenvalue weighted by Gasteiger charge is 2.27. The summed E-state index contributed by atoms with van der Waals surface area (Å²) in [5, 5.41) is 6.34. The molecule has 2 N–H and O–H groups in total. The van der Waals surface area contributed by atoms with Crippen LogP contribution in [-0.2, 0) is 4.79 Å². The van der Waals surface area contributed by atoms with Gasteiger partial charge >= 0.3 is 0 Å². The van der Waals surface area contributed by atoms with Crippen molar-refractivity contribution in [1.29, 1.82) is 0 Å². The predicted octanol–water partition coefficient (Wildman–Crippen LogP) is 4.15. The molecule has 3 rings (SSSR count). The highest BCUT2D eigenvalue weighted by atomic mass is 35.5. The van der Waals surface area contributed by atoms with E-state index in [9.17, 15) is 9.59 Å². The summed E-state index contributed by atoms with van der Waals surface area (Å²) in [6, 6.07) is 14.3.